The van der Waals surface area contributed by atoms with E-state index in [0.29, 0.717) is 6.54 Å². The number of alkyl halides is 3. The molecule has 0 unspecified atom stereocenters. The van der Waals surface area contributed by atoms with Crippen molar-refractivity contribution in [3.8, 4) is 0 Å². The van der Waals surface area contributed by atoms with Crippen LogP contribution in [0.25, 0.3) is 0 Å². The number of halogens is 3. The van der Waals surface area contributed by atoms with E-state index in [1.165, 1.54) is 23.4 Å². The number of hydrogen-bond acceptors (Lipinski definition) is 2. The van der Waals surface area contributed by atoms with Crippen molar-refractivity contribution in [3.63, 3.8) is 0 Å². The fraction of sp³-hybridized carbons (Fsp3) is 0.400. The number of nitrogens with one attached hydrogen (secondary N) is 1. The van der Waals surface area contributed by atoms with Gasteiger partial charge in [0.25, 0.3) is 0 Å². The van der Waals surface area contributed by atoms with Gasteiger partial charge in [0.2, 0.25) is 0 Å². The number of benzene rings is 2. The Kier molecular flexibility index (Phi) is 3.99. The van der Waals surface area contributed by atoms with Crippen LogP contribution >= 0.6 is 0 Å². The Bertz CT molecular complexity index is 746. The smallest absolute Gasteiger partial charge is 0.366 e. The quantitative estimate of drug-likeness (QED) is 0.870. The van der Waals surface area contributed by atoms with Crippen LogP contribution in [0.1, 0.15) is 29.5 Å². The van der Waals surface area contributed by atoms with Gasteiger partial charge in [-0.3, -0.25) is 0 Å². The molecule has 1 saturated heterocycles. The van der Waals surface area contributed by atoms with E-state index in [2.05, 4.69) is 28.4 Å². The van der Waals surface area contributed by atoms with E-state index in [1.807, 2.05) is 6.07 Å². The molecule has 0 bridgehead atoms. The zero-order valence-electron chi connectivity index (χ0n) is 13.9. The van der Waals surface area contributed by atoms with Crippen molar-refractivity contribution in [3.05, 3.63) is 65.2 Å². The van der Waals surface area contributed by atoms with Crippen LogP contribution < -0.4 is 10.2 Å². The summed E-state index contributed by atoms with van der Waals surface area (Å²) in [5, 5.41) is 3.43. The van der Waals surface area contributed by atoms with E-state index < -0.39 is 11.7 Å². The SMILES string of the molecule is FC(F)(F)c1ccc(CN2CC3(CCNCC3)c3ccccc32)cc1. The van der Waals surface area contributed by atoms with Gasteiger partial charge in [-0.25, -0.2) is 0 Å². The lowest BCUT2D eigenvalue weighted by Crippen LogP contribution is -2.43. The molecule has 0 aliphatic carbocycles. The average Bonchev–Trinajstić information content (AvgIpc) is 2.89. The first-order valence-corrected chi connectivity index (χ1v) is 8.69. The second-order valence-electron chi connectivity index (χ2n) is 7.10. The highest BCUT2D eigenvalue weighted by molar-refractivity contribution is 5.63. The van der Waals surface area contributed by atoms with Crippen LogP contribution in [-0.2, 0) is 18.1 Å². The number of anilines is 1. The van der Waals surface area contributed by atoms with Gasteiger partial charge in [-0.15, -0.1) is 0 Å². The van der Waals surface area contributed by atoms with Crippen molar-refractivity contribution in [2.75, 3.05) is 24.5 Å². The summed E-state index contributed by atoms with van der Waals surface area (Å²) >= 11 is 0. The van der Waals surface area contributed by atoms with Crippen molar-refractivity contribution in [1.29, 1.82) is 0 Å². The van der Waals surface area contributed by atoms with Crippen LogP contribution in [0.3, 0.4) is 0 Å². The molecule has 25 heavy (non-hydrogen) atoms. The van der Waals surface area contributed by atoms with Crippen LogP contribution in [0.5, 0.6) is 0 Å². The molecule has 5 heteroatoms. The van der Waals surface area contributed by atoms with E-state index in [-0.39, 0.29) is 5.41 Å². The van der Waals surface area contributed by atoms with Crippen LogP contribution in [0.4, 0.5) is 18.9 Å². The molecule has 2 nitrogen and oxygen atoms in total. The summed E-state index contributed by atoms with van der Waals surface area (Å²) in [6.45, 7) is 3.62. The topological polar surface area (TPSA) is 15.3 Å². The zero-order valence-corrected chi connectivity index (χ0v) is 13.9. The van der Waals surface area contributed by atoms with Gasteiger partial charge in [-0.05, 0) is 55.3 Å². The zero-order chi connectivity index (χ0) is 17.5. The van der Waals surface area contributed by atoms with E-state index in [1.54, 1.807) is 12.1 Å². The average molecular weight is 346 g/mol. The Balaban J connectivity index is 1.59. The minimum atomic E-state index is -4.28. The highest BCUT2D eigenvalue weighted by Crippen LogP contribution is 2.46. The van der Waals surface area contributed by atoms with Crippen molar-refractivity contribution in [2.24, 2.45) is 0 Å². The summed E-state index contributed by atoms with van der Waals surface area (Å²) in [4.78, 5) is 2.32. The molecule has 0 radical (unpaired) electrons. The second kappa shape index (κ2) is 6.06. The number of nitrogens with zero attached hydrogens (tertiary/aromatic N) is 1. The Morgan fingerprint density at radius 3 is 2.32 bits per heavy atom. The maximum absolute atomic E-state index is 12.7. The highest BCUT2D eigenvalue weighted by atomic mass is 19.4. The molecule has 2 heterocycles. The van der Waals surface area contributed by atoms with Gasteiger partial charge in [-0.2, -0.15) is 13.2 Å². The molecule has 0 saturated carbocycles. The Morgan fingerprint density at radius 1 is 0.960 bits per heavy atom. The maximum Gasteiger partial charge on any atom is 0.416 e. The van der Waals surface area contributed by atoms with Crippen molar-refractivity contribution >= 4 is 5.69 Å². The third kappa shape index (κ3) is 3.01. The van der Waals surface area contributed by atoms with Crippen molar-refractivity contribution in [1.82, 2.24) is 5.32 Å². The molecular weight excluding hydrogens is 325 g/mol. The number of rotatable bonds is 2. The molecule has 1 fully saturated rings. The Labute approximate surface area is 145 Å². The summed E-state index contributed by atoms with van der Waals surface area (Å²) in [6.07, 6.45) is -2.07. The lowest BCUT2D eigenvalue weighted by atomic mass is 9.75. The first-order chi connectivity index (χ1) is 12.0. The molecule has 1 spiro atoms. The number of fused-ring (bicyclic) bond motifs is 2. The largest absolute Gasteiger partial charge is 0.416 e. The lowest BCUT2D eigenvalue weighted by molar-refractivity contribution is -0.137. The fourth-order valence-corrected chi connectivity index (χ4v) is 4.23. The first kappa shape index (κ1) is 16.5. The van der Waals surface area contributed by atoms with Crippen LogP contribution in [0.2, 0.25) is 0 Å². The minimum absolute atomic E-state index is 0.174. The molecule has 132 valence electrons. The minimum Gasteiger partial charge on any atom is -0.366 e. The van der Waals surface area contributed by atoms with Gasteiger partial charge in [0, 0.05) is 24.2 Å². The molecule has 2 aliphatic heterocycles. The van der Waals surface area contributed by atoms with Gasteiger partial charge in [0.15, 0.2) is 0 Å². The van der Waals surface area contributed by atoms with Gasteiger partial charge in [-0.1, -0.05) is 30.3 Å². The van der Waals surface area contributed by atoms with E-state index in [4.69, 9.17) is 0 Å². The van der Waals surface area contributed by atoms with E-state index in [9.17, 15) is 13.2 Å². The van der Waals surface area contributed by atoms with Crippen LogP contribution in [0.15, 0.2) is 48.5 Å². The van der Waals surface area contributed by atoms with Gasteiger partial charge in [0.05, 0.1) is 5.56 Å². The molecular formula is C20H21F3N2. The summed E-state index contributed by atoms with van der Waals surface area (Å²) in [5.74, 6) is 0. The Hall–Kier alpha value is -2.01. The van der Waals surface area contributed by atoms with Crippen molar-refractivity contribution in [2.45, 2.75) is 31.0 Å². The number of para-hydroxylation sites is 1. The standard InChI is InChI=1S/C20H21F3N2/c21-20(22,23)16-7-5-15(6-8-16)13-25-14-19(9-11-24-12-10-19)17-3-1-2-4-18(17)25/h1-8,24H,9-14H2. The van der Waals surface area contributed by atoms with Gasteiger partial charge in [0.1, 0.15) is 0 Å². The van der Waals surface area contributed by atoms with Crippen LogP contribution in [-0.4, -0.2) is 19.6 Å². The number of hydrogen-bond donors (Lipinski definition) is 1. The lowest BCUT2D eigenvalue weighted by Gasteiger charge is -2.35. The van der Waals surface area contributed by atoms with E-state index in [0.717, 1.165) is 38.0 Å². The Morgan fingerprint density at radius 2 is 1.64 bits per heavy atom. The highest BCUT2D eigenvalue weighted by Gasteiger charge is 2.42. The van der Waals surface area contributed by atoms with Gasteiger partial charge < -0.3 is 10.2 Å². The summed E-state index contributed by atoms with van der Waals surface area (Å²) in [5.41, 5.74) is 3.11. The monoisotopic (exact) mass is 346 g/mol. The molecule has 1 N–H and O–H groups in total. The predicted molar refractivity (Wildman–Crippen MR) is 92.7 cm³/mol. The second-order valence-corrected chi connectivity index (χ2v) is 7.10. The molecule has 0 atom stereocenters. The van der Waals surface area contributed by atoms with Gasteiger partial charge >= 0.3 is 6.18 Å². The van der Waals surface area contributed by atoms with Crippen molar-refractivity contribution < 1.29 is 13.2 Å². The first-order valence-electron chi connectivity index (χ1n) is 8.69. The predicted octanol–water partition coefficient (Wildman–Crippen LogP) is 4.35. The molecule has 2 aliphatic rings. The molecule has 0 aromatic heterocycles. The fourth-order valence-electron chi connectivity index (χ4n) is 4.23. The molecule has 2 aromatic carbocycles. The van der Waals surface area contributed by atoms with Crippen LogP contribution in [0, 0.1) is 0 Å². The summed E-state index contributed by atoms with van der Waals surface area (Å²) in [6, 6.07) is 14.0. The normalized spacial score (nSPS) is 19.2. The molecule has 0 amide bonds. The third-order valence-electron chi connectivity index (χ3n) is 5.52. The summed E-state index contributed by atoms with van der Waals surface area (Å²) in [7, 11) is 0. The third-order valence-corrected chi connectivity index (χ3v) is 5.52. The number of piperidine rings is 1. The summed E-state index contributed by atoms with van der Waals surface area (Å²) < 4.78 is 38.2. The molecule has 2 aromatic rings. The van der Waals surface area contributed by atoms with E-state index >= 15 is 0 Å². The molecule has 4 rings (SSSR count). The maximum atomic E-state index is 12.7.